The van der Waals surface area contributed by atoms with Crippen LogP contribution in [0, 0.1) is 5.41 Å². The van der Waals surface area contributed by atoms with Crippen LogP contribution in [0.5, 0.6) is 0 Å². The van der Waals surface area contributed by atoms with E-state index < -0.39 is 38.6 Å². The molecule has 0 aliphatic rings. The molecule has 7 nitrogen and oxygen atoms in total. The van der Waals surface area contributed by atoms with E-state index in [9.17, 15) is 32.8 Å². The van der Waals surface area contributed by atoms with Gasteiger partial charge in [-0.2, -0.15) is 8.42 Å². The largest absolute Gasteiger partial charge is 1.00 e. The van der Waals surface area contributed by atoms with Gasteiger partial charge in [0.15, 0.2) is 0 Å². The quantitative estimate of drug-likeness (QED) is 0.263. The number of carbonyl (C=O) groups excluding carboxylic acids is 2. The Hall–Kier alpha value is 0.850. The molecule has 0 spiro atoms. The van der Waals surface area contributed by atoms with Gasteiger partial charge in [-0.1, -0.05) is 40.0 Å². The van der Waals surface area contributed by atoms with Crippen LogP contribution in [-0.2, 0) is 19.7 Å². The average Bonchev–Trinajstić information content (AvgIpc) is 2.21. The summed E-state index contributed by atoms with van der Waals surface area (Å²) in [7, 11) is -5.19. The molecule has 0 saturated carbocycles. The molecule has 0 aliphatic heterocycles. The molecule has 21 heavy (non-hydrogen) atoms. The second-order valence-electron chi connectivity index (χ2n) is 4.96. The van der Waals surface area contributed by atoms with Gasteiger partial charge in [-0.05, 0) is 6.42 Å². The molecule has 1 N–H and O–H groups in total. The Morgan fingerprint density at radius 2 is 1.48 bits per heavy atom. The molecule has 0 bridgehead atoms. The van der Waals surface area contributed by atoms with Gasteiger partial charge in [0.2, 0.25) is 0 Å². The molecular formula is C11H18Na2O7S. The number of carboxylic acids is 2. The van der Waals surface area contributed by atoms with Gasteiger partial charge in [-0.25, -0.2) is 0 Å². The Bertz CT molecular complexity index is 461. The number of unbranched alkanes of at least 4 members (excludes halogenated alkanes) is 2. The van der Waals surface area contributed by atoms with Gasteiger partial charge in [0.1, 0.15) is 4.75 Å². The van der Waals surface area contributed by atoms with Gasteiger partial charge in [-0.15, -0.1) is 0 Å². The van der Waals surface area contributed by atoms with Crippen LogP contribution in [0.2, 0.25) is 0 Å². The van der Waals surface area contributed by atoms with Gasteiger partial charge in [0, 0.05) is 11.4 Å². The number of hydrogen-bond donors (Lipinski definition) is 1. The predicted molar refractivity (Wildman–Crippen MR) is 62.2 cm³/mol. The van der Waals surface area contributed by atoms with E-state index in [2.05, 4.69) is 0 Å². The summed E-state index contributed by atoms with van der Waals surface area (Å²) in [6.07, 6.45) is 0.734. The number of hydrogen-bond acceptors (Lipinski definition) is 6. The molecule has 0 saturated heterocycles. The van der Waals surface area contributed by atoms with Crippen LogP contribution in [0.3, 0.4) is 0 Å². The maximum atomic E-state index is 11.5. The molecule has 0 rings (SSSR count). The van der Waals surface area contributed by atoms with E-state index in [1.165, 1.54) is 0 Å². The summed E-state index contributed by atoms with van der Waals surface area (Å²) in [4.78, 5) is 22.3. The van der Waals surface area contributed by atoms with Crippen molar-refractivity contribution in [1.82, 2.24) is 0 Å². The fraction of sp³-hybridized carbons (Fsp3) is 0.818. The smallest absolute Gasteiger partial charge is 0.550 e. The predicted octanol–water partition coefficient (Wildman–Crippen LogP) is -7.27. The molecule has 0 radical (unpaired) electrons. The van der Waals surface area contributed by atoms with E-state index in [0.29, 0.717) is 12.8 Å². The summed E-state index contributed by atoms with van der Waals surface area (Å²) in [5.41, 5.74) is -2.33. The zero-order valence-corrected chi connectivity index (χ0v) is 17.9. The zero-order valence-electron chi connectivity index (χ0n) is 13.1. The molecule has 0 aromatic heterocycles. The molecule has 0 heterocycles. The molecule has 0 aromatic carbocycles. The number of carboxylic acid groups (broad SMARTS) is 2. The summed E-state index contributed by atoms with van der Waals surface area (Å²) in [5.74, 6) is -4.02. The maximum absolute atomic E-state index is 11.5. The first-order chi connectivity index (χ1) is 8.45. The fourth-order valence-corrected chi connectivity index (χ4v) is 3.36. The first-order valence-corrected chi connectivity index (χ1v) is 7.29. The van der Waals surface area contributed by atoms with Crippen molar-refractivity contribution in [1.29, 1.82) is 0 Å². The fourth-order valence-electron chi connectivity index (χ4n) is 2.02. The van der Waals surface area contributed by atoms with E-state index in [1.807, 2.05) is 0 Å². The summed E-state index contributed by atoms with van der Waals surface area (Å²) >= 11 is 0. The van der Waals surface area contributed by atoms with Crippen LogP contribution >= 0.6 is 0 Å². The third-order valence-electron chi connectivity index (χ3n) is 3.42. The van der Waals surface area contributed by atoms with Crippen molar-refractivity contribution in [2.24, 2.45) is 5.41 Å². The average molecular weight is 340 g/mol. The van der Waals surface area contributed by atoms with Crippen molar-refractivity contribution >= 4 is 22.1 Å². The van der Waals surface area contributed by atoms with Gasteiger partial charge >= 0.3 is 59.1 Å². The molecule has 0 fully saturated rings. The van der Waals surface area contributed by atoms with Gasteiger partial charge in [0.05, 0.1) is 5.97 Å². The normalized spacial score (nSPS) is 14.3. The topological polar surface area (TPSA) is 135 Å². The molecule has 1 atom stereocenters. The first-order valence-electron chi connectivity index (χ1n) is 5.85. The number of rotatable bonds is 8. The van der Waals surface area contributed by atoms with Crippen LogP contribution in [0.4, 0.5) is 0 Å². The Labute approximate surface area is 169 Å². The van der Waals surface area contributed by atoms with Crippen LogP contribution in [0.25, 0.3) is 0 Å². The first kappa shape index (κ1) is 26.7. The van der Waals surface area contributed by atoms with Crippen molar-refractivity contribution in [3.8, 4) is 0 Å². The van der Waals surface area contributed by atoms with E-state index in [4.69, 9.17) is 0 Å². The van der Waals surface area contributed by atoms with Crippen molar-refractivity contribution in [3.63, 3.8) is 0 Å². The van der Waals surface area contributed by atoms with Gasteiger partial charge in [0.25, 0.3) is 10.1 Å². The van der Waals surface area contributed by atoms with Crippen molar-refractivity contribution < 1.29 is 91.9 Å². The molecular weight excluding hydrogens is 322 g/mol. The summed E-state index contributed by atoms with van der Waals surface area (Å²) in [5, 5.41) is 22.3. The number of carbonyl (C=O) groups is 2. The molecule has 0 amide bonds. The monoisotopic (exact) mass is 340 g/mol. The summed E-state index contributed by atoms with van der Waals surface area (Å²) in [6, 6.07) is 0. The Kier molecular flexibility index (Phi) is 12.6. The van der Waals surface area contributed by atoms with Crippen LogP contribution in [0.1, 0.15) is 46.5 Å². The molecule has 0 aliphatic carbocycles. The Morgan fingerprint density at radius 3 is 1.71 bits per heavy atom. The number of aliphatic carboxylic acids is 2. The second-order valence-corrected chi connectivity index (χ2v) is 6.61. The van der Waals surface area contributed by atoms with Crippen molar-refractivity contribution in [2.75, 3.05) is 0 Å². The third kappa shape index (κ3) is 5.46. The van der Waals surface area contributed by atoms with E-state index in [1.54, 1.807) is 6.92 Å². The minimum absolute atomic E-state index is 0. The van der Waals surface area contributed by atoms with E-state index >= 15 is 0 Å². The summed E-state index contributed by atoms with van der Waals surface area (Å²) < 4.78 is 29.3. The summed E-state index contributed by atoms with van der Waals surface area (Å²) in [6.45, 7) is 3.58. The van der Waals surface area contributed by atoms with E-state index in [0.717, 1.165) is 13.8 Å². The molecule has 0 aromatic rings. The van der Waals surface area contributed by atoms with Crippen LogP contribution < -0.4 is 69.3 Å². The maximum Gasteiger partial charge on any atom is 1.00 e. The van der Waals surface area contributed by atoms with Gasteiger partial charge in [-0.3, -0.25) is 4.55 Å². The minimum atomic E-state index is -5.19. The third-order valence-corrected chi connectivity index (χ3v) is 5.18. The Balaban J connectivity index is -0.00000162. The minimum Gasteiger partial charge on any atom is -0.550 e. The standard InChI is InChI=1S/C11H20O7S.2Na/c1-4-5-6-7-11(9(14)15,19(16,17)18)10(2,3)8(12)13;;/h4-7H2,1-3H3,(H,12,13)(H,14,15)(H,16,17,18);;/q;2*+1/p-2. The van der Waals surface area contributed by atoms with Crippen molar-refractivity contribution in [3.05, 3.63) is 0 Å². The van der Waals surface area contributed by atoms with Crippen LogP contribution in [-0.4, -0.2) is 29.7 Å². The second kappa shape index (κ2) is 9.87. The van der Waals surface area contributed by atoms with Gasteiger partial charge < -0.3 is 19.8 Å². The Morgan fingerprint density at radius 1 is 1.05 bits per heavy atom. The van der Waals surface area contributed by atoms with E-state index in [-0.39, 0.29) is 65.5 Å². The molecule has 10 heteroatoms. The molecule has 112 valence electrons. The van der Waals surface area contributed by atoms with Crippen LogP contribution in [0.15, 0.2) is 0 Å². The van der Waals surface area contributed by atoms with Crippen molar-refractivity contribution in [2.45, 2.75) is 51.2 Å². The zero-order chi connectivity index (χ0) is 15.5. The molecule has 1 unspecified atom stereocenters. The SMILES string of the molecule is CCCCCC(C(=O)[O-])(C(C)(C)C(=O)[O-])S(=O)(=O)O.[Na+].[Na+].